The molecule has 0 bridgehead atoms. The molecular formula is C26H24FN5OS. The summed E-state index contributed by atoms with van der Waals surface area (Å²) in [5.41, 5.74) is 2.84. The Balaban J connectivity index is 0.000000486. The third kappa shape index (κ3) is 5.53. The predicted octanol–water partition coefficient (Wildman–Crippen LogP) is 5.13. The third-order valence-electron chi connectivity index (χ3n) is 5.48. The van der Waals surface area contributed by atoms with Crippen LogP contribution in [0.4, 0.5) is 10.2 Å². The summed E-state index contributed by atoms with van der Waals surface area (Å²) in [5, 5.41) is 20.3. The largest absolute Gasteiger partial charge is 0.381 e. The summed E-state index contributed by atoms with van der Waals surface area (Å²) in [5.74, 6) is 0.969. The Hall–Kier alpha value is -3.46. The molecule has 2 aliphatic rings. The maximum absolute atomic E-state index is 13.5. The Bertz CT molecular complexity index is 1180. The minimum absolute atomic E-state index is 0.201. The predicted molar refractivity (Wildman–Crippen MR) is 130 cm³/mol. The molecule has 2 saturated heterocycles. The summed E-state index contributed by atoms with van der Waals surface area (Å²) in [6, 6.07) is 19.4. The van der Waals surface area contributed by atoms with Crippen molar-refractivity contribution in [3.63, 3.8) is 0 Å². The topological polar surface area (TPSA) is 85.8 Å². The van der Waals surface area contributed by atoms with Crippen LogP contribution in [0.15, 0.2) is 59.8 Å². The van der Waals surface area contributed by atoms with Gasteiger partial charge in [-0.2, -0.15) is 10.5 Å². The van der Waals surface area contributed by atoms with E-state index in [-0.39, 0.29) is 13.1 Å². The molecule has 0 radical (unpaired) electrons. The molecular weight excluding hydrogens is 449 g/mol. The van der Waals surface area contributed by atoms with Gasteiger partial charge in [-0.1, -0.05) is 48.2 Å². The maximum Gasteiger partial charge on any atom is 0.148 e. The van der Waals surface area contributed by atoms with Gasteiger partial charge >= 0.3 is 0 Å². The molecule has 2 aromatic heterocycles. The normalized spacial score (nSPS) is 15.0. The number of aromatic nitrogens is 2. The summed E-state index contributed by atoms with van der Waals surface area (Å²) in [6.07, 6.45) is 3.35. The van der Waals surface area contributed by atoms with Gasteiger partial charge in [0, 0.05) is 30.7 Å². The average Bonchev–Trinajstić information content (AvgIpc) is 3.46. The van der Waals surface area contributed by atoms with E-state index in [1.54, 1.807) is 11.1 Å². The number of nitrogens with zero attached hydrogens (tertiary/aromatic N) is 5. The van der Waals surface area contributed by atoms with E-state index in [1.165, 1.54) is 24.6 Å². The van der Waals surface area contributed by atoms with Crippen LogP contribution in [0.1, 0.15) is 29.7 Å². The fourth-order valence-corrected chi connectivity index (χ4v) is 4.62. The molecule has 0 saturated carbocycles. The molecule has 8 heteroatoms. The van der Waals surface area contributed by atoms with Crippen LogP contribution in [0.25, 0.3) is 11.1 Å². The molecule has 2 fully saturated rings. The van der Waals surface area contributed by atoms with E-state index in [4.69, 9.17) is 4.74 Å². The van der Waals surface area contributed by atoms with Gasteiger partial charge in [-0.05, 0) is 30.5 Å². The van der Waals surface area contributed by atoms with Crippen LogP contribution in [0.2, 0.25) is 0 Å². The van der Waals surface area contributed by atoms with Crippen LogP contribution in [0.3, 0.4) is 0 Å². The second kappa shape index (κ2) is 11.6. The highest BCUT2D eigenvalue weighted by molar-refractivity contribution is 7.98. The second-order valence-electron chi connectivity index (χ2n) is 7.89. The summed E-state index contributed by atoms with van der Waals surface area (Å²) in [6.45, 7) is 2.40. The van der Waals surface area contributed by atoms with Gasteiger partial charge in [-0.25, -0.2) is 9.37 Å². The minimum atomic E-state index is -0.927. The number of ether oxygens (including phenoxy) is 1. The van der Waals surface area contributed by atoms with E-state index in [1.807, 2.05) is 48.5 Å². The van der Waals surface area contributed by atoms with E-state index in [0.29, 0.717) is 33.3 Å². The summed E-state index contributed by atoms with van der Waals surface area (Å²) in [4.78, 5) is 10.7. The van der Waals surface area contributed by atoms with Crippen molar-refractivity contribution >= 4 is 17.6 Å². The molecule has 6 nitrogen and oxygen atoms in total. The first-order valence-electron chi connectivity index (χ1n) is 11.1. The monoisotopic (exact) mass is 473 g/mol. The molecule has 0 aliphatic carbocycles. The van der Waals surface area contributed by atoms with E-state index in [2.05, 4.69) is 22.1 Å². The van der Waals surface area contributed by atoms with Gasteiger partial charge in [0.1, 0.15) is 34.7 Å². The van der Waals surface area contributed by atoms with Crippen LogP contribution in [0.5, 0.6) is 0 Å². The fraction of sp³-hybridized carbons (Fsp3) is 0.308. The third-order valence-corrected chi connectivity index (χ3v) is 6.49. The zero-order chi connectivity index (χ0) is 23.8. The second-order valence-corrected chi connectivity index (χ2v) is 8.85. The Labute approximate surface area is 203 Å². The van der Waals surface area contributed by atoms with Gasteiger partial charge in [-0.15, -0.1) is 0 Å². The molecule has 0 amide bonds. The zero-order valence-corrected chi connectivity index (χ0v) is 19.5. The van der Waals surface area contributed by atoms with E-state index in [0.717, 1.165) is 24.5 Å². The standard InChI is InChI=1S/C22H16FN5S.C4H8O/c23-16-12-28(13-16)21-18(10-24)20(15-6-2-1-3-7-15)19(11-25)22(27-21)29-14-17-8-4-5-9-26-17;1-2-4-5-3-1/h1-9,16H,12-14H2;1-4H2. The van der Waals surface area contributed by atoms with Crippen molar-refractivity contribution in [2.24, 2.45) is 0 Å². The lowest BCUT2D eigenvalue weighted by atomic mass is 9.96. The van der Waals surface area contributed by atoms with Gasteiger partial charge < -0.3 is 9.64 Å². The van der Waals surface area contributed by atoms with Crippen LogP contribution in [0, 0.1) is 22.7 Å². The number of nitriles is 2. The summed E-state index contributed by atoms with van der Waals surface area (Å²) >= 11 is 1.39. The van der Waals surface area contributed by atoms with Crippen molar-refractivity contribution in [3.05, 3.63) is 71.5 Å². The Morgan fingerprint density at radius 2 is 1.71 bits per heavy atom. The molecule has 3 aromatic rings. The molecule has 34 heavy (non-hydrogen) atoms. The highest BCUT2D eigenvalue weighted by Crippen LogP contribution is 2.39. The van der Waals surface area contributed by atoms with E-state index < -0.39 is 6.17 Å². The van der Waals surface area contributed by atoms with Crippen molar-refractivity contribution in [1.82, 2.24) is 9.97 Å². The van der Waals surface area contributed by atoms with Gasteiger partial charge in [0.2, 0.25) is 0 Å². The van der Waals surface area contributed by atoms with Crippen molar-refractivity contribution in [1.29, 1.82) is 10.5 Å². The van der Waals surface area contributed by atoms with E-state index in [9.17, 15) is 14.9 Å². The lowest BCUT2D eigenvalue weighted by molar-refractivity contribution is 0.198. The first-order chi connectivity index (χ1) is 16.7. The maximum atomic E-state index is 13.5. The number of hydrogen-bond acceptors (Lipinski definition) is 7. The van der Waals surface area contributed by atoms with Crippen molar-refractivity contribution < 1.29 is 9.13 Å². The van der Waals surface area contributed by atoms with E-state index >= 15 is 0 Å². The molecule has 0 N–H and O–H groups in total. The van der Waals surface area contributed by atoms with Gasteiger partial charge in [-0.3, -0.25) is 4.98 Å². The molecule has 0 atom stereocenters. The highest BCUT2D eigenvalue weighted by Gasteiger charge is 2.32. The lowest BCUT2D eigenvalue weighted by Crippen LogP contribution is -2.49. The number of benzene rings is 1. The van der Waals surface area contributed by atoms with Gasteiger partial charge in [0.25, 0.3) is 0 Å². The van der Waals surface area contributed by atoms with Crippen LogP contribution in [-0.2, 0) is 10.5 Å². The Morgan fingerprint density at radius 3 is 2.26 bits per heavy atom. The average molecular weight is 474 g/mol. The van der Waals surface area contributed by atoms with Gasteiger partial charge in [0.05, 0.1) is 24.3 Å². The Kier molecular flexibility index (Phi) is 8.08. The molecule has 0 spiro atoms. The smallest absolute Gasteiger partial charge is 0.148 e. The molecule has 2 aliphatic heterocycles. The summed E-state index contributed by atoms with van der Waals surface area (Å²) < 4.78 is 18.5. The number of rotatable bonds is 5. The lowest BCUT2D eigenvalue weighted by Gasteiger charge is -2.36. The quantitative estimate of drug-likeness (QED) is 0.475. The summed E-state index contributed by atoms with van der Waals surface area (Å²) in [7, 11) is 0. The molecule has 5 rings (SSSR count). The van der Waals surface area contributed by atoms with Gasteiger partial charge in [0.15, 0.2) is 0 Å². The molecule has 1 aromatic carbocycles. The van der Waals surface area contributed by atoms with Crippen molar-refractivity contribution in [2.75, 3.05) is 31.2 Å². The van der Waals surface area contributed by atoms with Crippen LogP contribution < -0.4 is 4.90 Å². The zero-order valence-electron chi connectivity index (χ0n) is 18.7. The number of anilines is 1. The number of hydrogen-bond donors (Lipinski definition) is 0. The first kappa shape index (κ1) is 23.7. The minimum Gasteiger partial charge on any atom is -0.381 e. The highest BCUT2D eigenvalue weighted by atomic mass is 32.2. The number of halogens is 1. The molecule has 4 heterocycles. The first-order valence-corrected chi connectivity index (χ1v) is 12.1. The fourth-order valence-electron chi connectivity index (χ4n) is 3.72. The van der Waals surface area contributed by atoms with Crippen molar-refractivity contribution in [3.8, 4) is 23.3 Å². The number of thioether (sulfide) groups is 1. The molecule has 172 valence electrons. The van der Waals surface area contributed by atoms with Crippen molar-refractivity contribution in [2.45, 2.75) is 29.8 Å². The molecule has 0 unspecified atom stereocenters. The number of pyridine rings is 2. The Morgan fingerprint density at radius 1 is 1.00 bits per heavy atom. The number of alkyl halides is 1. The SMILES string of the molecule is C1CCOC1.N#Cc1c(SCc2ccccn2)nc(N2CC(F)C2)c(C#N)c1-c1ccccc1. The van der Waals surface area contributed by atoms with Crippen LogP contribution >= 0.6 is 11.8 Å². The van der Waals surface area contributed by atoms with Crippen LogP contribution in [-0.4, -0.2) is 42.4 Å².